The first kappa shape index (κ1) is 13.6. The molecule has 0 atom stereocenters. The highest BCUT2D eigenvalue weighted by Crippen LogP contribution is 2.40. The molecule has 0 saturated heterocycles. The Morgan fingerprint density at radius 3 is 2.80 bits per heavy atom. The minimum atomic E-state index is -3.15. The molecule has 3 rings (SSSR count). The van der Waals surface area contributed by atoms with Gasteiger partial charge in [-0.1, -0.05) is 6.07 Å². The molecule has 20 heavy (non-hydrogen) atoms. The monoisotopic (exact) mass is 293 g/mol. The van der Waals surface area contributed by atoms with Crippen LogP contribution in [0, 0.1) is 0 Å². The molecule has 1 aromatic carbocycles. The fraction of sp³-hybridized carbons (Fsp3) is 0.500. The van der Waals surface area contributed by atoms with Gasteiger partial charge in [0.2, 0.25) is 10.0 Å². The Labute approximate surface area is 119 Å². The molecular formula is C14H19N3O2S. The summed E-state index contributed by atoms with van der Waals surface area (Å²) in [7, 11) is -1.11. The number of rotatable bonds is 5. The fourth-order valence-corrected chi connectivity index (χ4v) is 2.97. The highest BCUT2D eigenvalue weighted by molar-refractivity contribution is 7.89. The van der Waals surface area contributed by atoms with E-state index in [0.29, 0.717) is 12.5 Å². The highest BCUT2D eigenvalue weighted by Gasteiger charge is 2.28. The lowest BCUT2D eigenvalue weighted by molar-refractivity contribution is 0.582. The summed E-state index contributed by atoms with van der Waals surface area (Å²) in [5, 5.41) is 0. The zero-order chi connectivity index (χ0) is 14.3. The van der Waals surface area contributed by atoms with Crippen LogP contribution in [0.1, 0.15) is 37.1 Å². The normalized spacial score (nSPS) is 15.9. The molecule has 5 nitrogen and oxygen atoms in total. The van der Waals surface area contributed by atoms with Crippen molar-refractivity contribution in [3.63, 3.8) is 0 Å². The molecule has 108 valence electrons. The zero-order valence-corrected chi connectivity index (χ0v) is 12.6. The molecule has 0 aliphatic heterocycles. The second kappa shape index (κ2) is 4.86. The summed E-state index contributed by atoms with van der Waals surface area (Å²) in [6.45, 7) is 1.95. The van der Waals surface area contributed by atoms with Crippen LogP contribution in [0.2, 0.25) is 0 Å². The van der Waals surface area contributed by atoms with E-state index in [1.807, 2.05) is 25.2 Å². The second-order valence-electron chi connectivity index (χ2n) is 5.35. The molecule has 0 unspecified atom stereocenters. The van der Waals surface area contributed by atoms with Gasteiger partial charge in [-0.3, -0.25) is 0 Å². The smallest absolute Gasteiger partial charge is 0.211 e. The maximum absolute atomic E-state index is 11.5. The molecule has 1 saturated carbocycles. The first-order valence-corrected chi connectivity index (χ1v) is 8.58. The summed E-state index contributed by atoms with van der Waals surface area (Å²) in [5.41, 5.74) is 2.99. The van der Waals surface area contributed by atoms with Crippen LogP contribution in [0.15, 0.2) is 18.2 Å². The predicted octanol–water partition coefficient (Wildman–Crippen LogP) is 1.89. The lowest BCUT2D eigenvalue weighted by Crippen LogP contribution is -2.24. The lowest BCUT2D eigenvalue weighted by atomic mass is 10.2. The van der Waals surface area contributed by atoms with E-state index in [0.717, 1.165) is 22.4 Å². The number of nitrogens with zero attached hydrogens (tertiary/aromatic N) is 2. The molecular weight excluding hydrogens is 274 g/mol. The Bertz CT molecular complexity index is 745. The van der Waals surface area contributed by atoms with Crippen LogP contribution in [0.4, 0.5) is 0 Å². The van der Waals surface area contributed by atoms with Crippen LogP contribution in [0.3, 0.4) is 0 Å². The van der Waals surface area contributed by atoms with Gasteiger partial charge in [-0.2, -0.15) is 0 Å². The van der Waals surface area contributed by atoms with Crippen LogP contribution >= 0.6 is 0 Å². The summed E-state index contributed by atoms with van der Waals surface area (Å²) in [6.07, 6.45) is 2.45. The van der Waals surface area contributed by atoms with E-state index >= 15 is 0 Å². The number of hydrogen-bond donors (Lipinski definition) is 1. The van der Waals surface area contributed by atoms with Gasteiger partial charge < -0.3 is 4.57 Å². The number of nitrogens with one attached hydrogen (secondary N) is 1. The largest absolute Gasteiger partial charge is 0.331 e. The molecule has 0 bridgehead atoms. The molecule has 1 aromatic heterocycles. The minimum Gasteiger partial charge on any atom is -0.331 e. The van der Waals surface area contributed by atoms with Crippen molar-refractivity contribution in [3.8, 4) is 0 Å². The molecule has 1 heterocycles. The third kappa shape index (κ3) is 2.58. The fourth-order valence-electron chi connectivity index (χ4n) is 2.38. The van der Waals surface area contributed by atoms with Crippen molar-refractivity contribution in [2.45, 2.75) is 32.2 Å². The van der Waals surface area contributed by atoms with E-state index in [-0.39, 0.29) is 5.75 Å². The number of benzene rings is 1. The topological polar surface area (TPSA) is 64.0 Å². The average molecular weight is 293 g/mol. The zero-order valence-electron chi connectivity index (χ0n) is 11.8. The van der Waals surface area contributed by atoms with Gasteiger partial charge in [-0.25, -0.2) is 18.1 Å². The molecule has 6 heteroatoms. The summed E-state index contributed by atoms with van der Waals surface area (Å²) in [5.74, 6) is 1.85. The van der Waals surface area contributed by atoms with Crippen LogP contribution in [0.5, 0.6) is 0 Å². The molecule has 0 radical (unpaired) electrons. The van der Waals surface area contributed by atoms with Gasteiger partial charge in [0.1, 0.15) is 5.82 Å². The van der Waals surface area contributed by atoms with Gasteiger partial charge in [0.05, 0.1) is 16.8 Å². The lowest BCUT2D eigenvalue weighted by Gasteiger charge is -2.04. The average Bonchev–Trinajstić information content (AvgIpc) is 3.22. The molecule has 1 aliphatic carbocycles. The van der Waals surface area contributed by atoms with Gasteiger partial charge in [0, 0.05) is 19.5 Å². The molecule has 1 N–H and O–H groups in total. The van der Waals surface area contributed by atoms with Crippen molar-refractivity contribution >= 4 is 21.1 Å². The predicted molar refractivity (Wildman–Crippen MR) is 79.0 cm³/mol. The van der Waals surface area contributed by atoms with Gasteiger partial charge in [0.15, 0.2) is 0 Å². The first-order valence-electron chi connectivity index (χ1n) is 6.93. The van der Waals surface area contributed by atoms with E-state index < -0.39 is 10.0 Å². The Morgan fingerprint density at radius 1 is 1.40 bits per heavy atom. The van der Waals surface area contributed by atoms with Gasteiger partial charge >= 0.3 is 0 Å². The van der Waals surface area contributed by atoms with Crippen molar-refractivity contribution in [1.82, 2.24) is 14.3 Å². The van der Waals surface area contributed by atoms with Crippen LogP contribution in [-0.4, -0.2) is 23.7 Å². The van der Waals surface area contributed by atoms with Crippen LogP contribution in [0.25, 0.3) is 11.0 Å². The molecule has 0 amide bonds. The minimum absolute atomic E-state index is 0.102. The molecule has 1 fully saturated rings. The van der Waals surface area contributed by atoms with Crippen molar-refractivity contribution < 1.29 is 8.42 Å². The number of fused-ring (bicyclic) bond motifs is 1. The number of imidazole rings is 1. The Balaban J connectivity index is 1.87. The highest BCUT2D eigenvalue weighted by atomic mass is 32.2. The molecule has 0 spiro atoms. The molecule has 1 aliphatic rings. The first-order chi connectivity index (χ1) is 9.50. The van der Waals surface area contributed by atoms with E-state index in [2.05, 4.69) is 14.3 Å². The van der Waals surface area contributed by atoms with Crippen LogP contribution < -0.4 is 4.72 Å². The number of hydrogen-bond acceptors (Lipinski definition) is 3. The standard InChI is InChI=1S/C14H19N3O2S/c1-3-20(18,19)15-9-10-4-7-13-12(8-10)16-14(17(13)2)11-5-6-11/h4,7-8,11,15H,3,5-6,9H2,1-2H3. The number of aryl methyl sites for hydroxylation is 1. The number of sulfonamides is 1. The van der Waals surface area contributed by atoms with Crippen molar-refractivity contribution in [1.29, 1.82) is 0 Å². The third-order valence-corrected chi connectivity index (χ3v) is 5.14. The Hall–Kier alpha value is -1.40. The summed E-state index contributed by atoms with van der Waals surface area (Å²) >= 11 is 0. The summed E-state index contributed by atoms with van der Waals surface area (Å²) in [6, 6.07) is 5.95. The van der Waals surface area contributed by atoms with Gasteiger partial charge in [-0.05, 0) is 37.5 Å². The quantitative estimate of drug-likeness (QED) is 0.915. The van der Waals surface area contributed by atoms with Crippen molar-refractivity contribution in [2.75, 3.05) is 5.75 Å². The van der Waals surface area contributed by atoms with E-state index in [4.69, 9.17) is 0 Å². The maximum Gasteiger partial charge on any atom is 0.211 e. The van der Waals surface area contributed by atoms with Gasteiger partial charge in [-0.15, -0.1) is 0 Å². The Morgan fingerprint density at radius 2 is 2.15 bits per heavy atom. The molecule has 2 aromatic rings. The van der Waals surface area contributed by atoms with Crippen molar-refractivity contribution in [2.24, 2.45) is 7.05 Å². The van der Waals surface area contributed by atoms with E-state index in [9.17, 15) is 8.42 Å². The van der Waals surface area contributed by atoms with Crippen molar-refractivity contribution in [3.05, 3.63) is 29.6 Å². The maximum atomic E-state index is 11.5. The summed E-state index contributed by atoms with van der Waals surface area (Å²) in [4.78, 5) is 4.69. The summed E-state index contributed by atoms with van der Waals surface area (Å²) < 4.78 is 27.7. The number of aromatic nitrogens is 2. The second-order valence-corrected chi connectivity index (χ2v) is 7.45. The Kier molecular flexibility index (Phi) is 3.30. The SMILES string of the molecule is CCS(=O)(=O)NCc1ccc2c(c1)nc(C1CC1)n2C. The van der Waals surface area contributed by atoms with Crippen LogP contribution in [-0.2, 0) is 23.6 Å². The van der Waals surface area contributed by atoms with Gasteiger partial charge in [0.25, 0.3) is 0 Å². The van der Waals surface area contributed by atoms with E-state index in [1.165, 1.54) is 12.8 Å². The van der Waals surface area contributed by atoms with E-state index in [1.54, 1.807) is 6.92 Å². The third-order valence-electron chi connectivity index (χ3n) is 3.80.